The van der Waals surface area contributed by atoms with Crippen LogP contribution in [0.2, 0.25) is 0 Å². The van der Waals surface area contributed by atoms with Crippen LogP contribution in [-0.4, -0.2) is 21.7 Å². The number of hydrogen-bond acceptors (Lipinski definition) is 4. The minimum absolute atomic E-state index is 0.165. The summed E-state index contributed by atoms with van der Waals surface area (Å²) in [6, 6.07) is 4.27. The molecule has 1 rings (SSSR count). The van der Waals surface area contributed by atoms with Crippen LogP contribution in [0.1, 0.15) is 11.1 Å². The molecule has 0 aromatic heterocycles. The van der Waals surface area contributed by atoms with Gasteiger partial charge in [-0.2, -0.15) is 0 Å². The van der Waals surface area contributed by atoms with E-state index in [-0.39, 0.29) is 24.5 Å². The smallest absolute Gasteiger partial charge is 0.276 e. The third-order valence-corrected chi connectivity index (χ3v) is 1.76. The summed E-state index contributed by atoms with van der Waals surface area (Å²) in [7, 11) is 0. The van der Waals surface area contributed by atoms with E-state index < -0.39 is 4.92 Å². The molecule has 0 atom stereocenters. The van der Waals surface area contributed by atoms with E-state index in [1.807, 2.05) is 0 Å². The molecular formula is C10H9NO4. The van der Waals surface area contributed by atoms with Gasteiger partial charge in [0.05, 0.1) is 17.1 Å². The standard InChI is InChI=1S/C10H9NO4/c12-5-1-2-8-3-4-9(7-13)10(6-8)11(14)15/h3-4,6,12-13H,5,7H2. The zero-order valence-electron chi connectivity index (χ0n) is 7.80. The lowest BCUT2D eigenvalue weighted by Gasteiger charge is -1.99. The predicted octanol–water partition coefficient (Wildman–Crippen LogP) is 0.431. The third kappa shape index (κ3) is 2.77. The van der Waals surface area contributed by atoms with Crippen molar-refractivity contribution in [2.24, 2.45) is 0 Å². The number of hydrogen-bond donors (Lipinski definition) is 2. The van der Waals surface area contributed by atoms with Gasteiger partial charge in [0.15, 0.2) is 0 Å². The molecule has 2 N–H and O–H groups in total. The van der Waals surface area contributed by atoms with Crippen LogP contribution in [0.4, 0.5) is 5.69 Å². The molecule has 0 radical (unpaired) electrons. The molecule has 0 spiro atoms. The molecule has 0 aliphatic heterocycles. The van der Waals surface area contributed by atoms with Crippen LogP contribution in [-0.2, 0) is 6.61 Å². The number of rotatable bonds is 2. The summed E-state index contributed by atoms with van der Waals surface area (Å²) in [5.74, 6) is 4.94. The van der Waals surface area contributed by atoms with Gasteiger partial charge in [0.2, 0.25) is 0 Å². The van der Waals surface area contributed by atoms with Gasteiger partial charge < -0.3 is 10.2 Å². The highest BCUT2D eigenvalue weighted by atomic mass is 16.6. The number of benzene rings is 1. The molecule has 0 heterocycles. The van der Waals surface area contributed by atoms with Gasteiger partial charge in [-0.1, -0.05) is 11.8 Å². The van der Waals surface area contributed by atoms with Gasteiger partial charge in [0.1, 0.15) is 6.61 Å². The molecule has 0 aliphatic carbocycles. The lowest BCUT2D eigenvalue weighted by Crippen LogP contribution is -1.95. The molecule has 0 saturated heterocycles. The Morgan fingerprint density at radius 2 is 2.13 bits per heavy atom. The average Bonchev–Trinajstić information content (AvgIpc) is 2.25. The van der Waals surface area contributed by atoms with Crippen molar-refractivity contribution < 1.29 is 15.1 Å². The van der Waals surface area contributed by atoms with Gasteiger partial charge in [0.25, 0.3) is 5.69 Å². The van der Waals surface area contributed by atoms with Crippen LogP contribution in [0.25, 0.3) is 0 Å². The van der Waals surface area contributed by atoms with Gasteiger partial charge in [-0.25, -0.2) is 0 Å². The topological polar surface area (TPSA) is 83.6 Å². The van der Waals surface area contributed by atoms with Gasteiger partial charge in [-0.05, 0) is 12.1 Å². The molecule has 5 nitrogen and oxygen atoms in total. The molecule has 1 aromatic carbocycles. The Balaban J connectivity index is 3.16. The highest BCUT2D eigenvalue weighted by molar-refractivity contribution is 5.48. The molecule has 0 fully saturated rings. The largest absolute Gasteiger partial charge is 0.391 e. The zero-order chi connectivity index (χ0) is 11.3. The van der Waals surface area contributed by atoms with Crippen molar-refractivity contribution in [1.82, 2.24) is 0 Å². The Morgan fingerprint density at radius 3 is 2.67 bits per heavy atom. The second-order valence-electron chi connectivity index (χ2n) is 2.72. The van der Waals surface area contributed by atoms with E-state index in [1.165, 1.54) is 12.1 Å². The van der Waals surface area contributed by atoms with Crippen molar-refractivity contribution in [2.75, 3.05) is 6.61 Å². The van der Waals surface area contributed by atoms with E-state index in [0.29, 0.717) is 5.56 Å². The maximum Gasteiger partial charge on any atom is 0.276 e. The Hall–Kier alpha value is -1.90. The maximum absolute atomic E-state index is 10.6. The average molecular weight is 207 g/mol. The van der Waals surface area contributed by atoms with E-state index in [1.54, 1.807) is 6.07 Å². The van der Waals surface area contributed by atoms with Crippen LogP contribution >= 0.6 is 0 Å². The fraction of sp³-hybridized carbons (Fsp3) is 0.200. The highest BCUT2D eigenvalue weighted by Gasteiger charge is 2.12. The molecule has 78 valence electrons. The van der Waals surface area contributed by atoms with E-state index in [2.05, 4.69) is 11.8 Å². The van der Waals surface area contributed by atoms with Crippen molar-refractivity contribution in [2.45, 2.75) is 6.61 Å². The van der Waals surface area contributed by atoms with Crippen molar-refractivity contribution in [1.29, 1.82) is 0 Å². The summed E-state index contributed by atoms with van der Waals surface area (Å²) in [5, 5.41) is 27.9. The second kappa shape index (κ2) is 5.10. The van der Waals surface area contributed by atoms with Crippen molar-refractivity contribution in [3.8, 4) is 11.8 Å². The van der Waals surface area contributed by atoms with Gasteiger partial charge in [-0.3, -0.25) is 10.1 Å². The molecule has 1 aromatic rings. The highest BCUT2D eigenvalue weighted by Crippen LogP contribution is 2.19. The summed E-state index contributed by atoms with van der Waals surface area (Å²) in [6.45, 7) is -0.681. The monoisotopic (exact) mass is 207 g/mol. The van der Waals surface area contributed by atoms with E-state index in [9.17, 15) is 10.1 Å². The molecule has 0 saturated carbocycles. The number of nitrogens with zero attached hydrogens (tertiary/aromatic N) is 1. The molecule has 15 heavy (non-hydrogen) atoms. The van der Waals surface area contributed by atoms with E-state index in [4.69, 9.17) is 10.2 Å². The second-order valence-corrected chi connectivity index (χ2v) is 2.72. The van der Waals surface area contributed by atoms with Crippen LogP contribution in [0.5, 0.6) is 0 Å². The minimum Gasteiger partial charge on any atom is -0.391 e. The van der Waals surface area contributed by atoms with E-state index >= 15 is 0 Å². The summed E-state index contributed by atoms with van der Waals surface area (Å²) in [4.78, 5) is 10.0. The van der Waals surface area contributed by atoms with Crippen molar-refractivity contribution in [3.05, 3.63) is 39.4 Å². The number of nitro benzene ring substituents is 1. The fourth-order valence-electron chi connectivity index (χ4n) is 1.09. The molecule has 0 aliphatic rings. The van der Waals surface area contributed by atoms with Crippen LogP contribution in [0.3, 0.4) is 0 Å². The Kier molecular flexibility index (Phi) is 3.80. The van der Waals surface area contributed by atoms with Crippen LogP contribution < -0.4 is 0 Å². The lowest BCUT2D eigenvalue weighted by molar-refractivity contribution is -0.385. The quantitative estimate of drug-likeness (QED) is 0.418. The fourth-order valence-corrected chi connectivity index (χ4v) is 1.09. The van der Waals surface area contributed by atoms with Gasteiger partial charge in [-0.15, -0.1) is 0 Å². The SMILES string of the molecule is O=[N+]([O-])c1cc(C#CCO)ccc1CO. The Morgan fingerprint density at radius 1 is 1.40 bits per heavy atom. The first-order chi connectivity index (χ1) is 7.19. The van der Waals surface area contributed by atoms with Crippen LogP contribution in [0, 0.1) is 22.0 Å². The van der Waals surface area contributed by atoms with Gasteiger partial charge >= 0.3 is 0 Å². The van der Waals surface area contributed by atoms with E-state index in [0.717, 1.165) is 0 Å². The summed E-state index contributed by atoms with van der Waals surface area (Å²) in [6.07, 6.45) is 0. The number of aliphatic hydroxyl groups excluding tert-OH is 2. The molecular weight excluding hydrogens is 198 g/mol. The first-order valence-corrected chi connectivity index (χ1v) is 4.17. The maximum atomic E-state index is 10.6. The molecule has 0 bridgehead atoms. The predicted molar refractivity (Wildman–Crippen MR) is 53.0 cm³/mol. The molecule has 5 heteroatoms. The first kappa shape index (κ1) is 11.2. The van der Waals surface area contributed by atoms with Crippen LogP contribution in [0.15, 0.2) is 18.2 Å². The summed E-state index contributed by atoms with van der Waals surface area (Å²) in [5.41, 5.74) is 0.518. The third-order valence-electron chi connectivity index (χ3n) is 1.76. The zero-order valence-corrected chi connectivity index (χ0v) is 7.80. The molecule has 0 amide bonds. The Bertz CT molecular complexity index is 431. The molecule has 0 unspecified atom stereocenters. The number of aliphatic hydroxyl groups is 2. The van der Waals surface area contributed by atoms with Crippen molar-refractivity contribution in [3.63, 3.8) is 0 Å². The normalized spacial score (nSPS) is 9.20. The summed E-state index contributed by atoms with van der Waals surface area (Å²) < 4.78 is 0. The first-order valence-electron chi connectivity index (χ1n) is 4.17. The van der Waals surface area contributed by atoms with Crippen molar-refractivity contribution >= 4 is 5.69 Å². The Labute approximate surface area is 86.1 Å². The number of nitro groups is 1. The minimum atomic E-state index is -0.574. The lowest BCUT2D eigenvalue weighted by atomic mass is 10.1. The van der Waals surface area contributed by atoms with Gasteiger partial charge in [0, 0.05) is 11.6 Å². The summed E-state index contributed by atoms with van der Waals surface area (Å²) >= 11 is 0.